The lowest BCUT2D eigenvalue weighted by atomic mass is 9.77. The predicted molar refractivity (Wildman–Crippen MR) is 75.8 cm³/mol. The van der Waals surface area contributed by atoms with Gasteiger partial charge in [-0.1, -0.05) is 13.3 Å². The van der Waals surface area contributed by atoms with Gasteiger partial charge in [-0.3, -0.25) is 4.90 Å². The average Bonchev–Trinajstić information content (AvgIpc) is 2.47. The third-order valence-corrected chi connectivity index (χ3v) is 4.30. The molecule has 0 heterocycles. The summed E-state index contributed by atoms with van der Waals surface area (Å²) in [5.41, 5.74) is 0. The Bertz CT molecular complexity index is 270. The van der Waals surface area contributed by atoms with Crippen molar-refractivity contribution in [3.63, 3.8) is 0 Å². The Hall–Kier alpha value is -0.630. The maximum atomic E-state index is 9.38. The van der Waals surface area contributed by atoms with E-state index in [1.165, 1.54) is 12.8 Å². The van der Waals surface area contributed by atoms with Crippen LogP contribution in [-0.2, 0) is 9.47 Å². The van der Waals surface area contributed by atoms with Gasteiger partial charge in [-0.2, -0.15) is 5.26 Å². The average molecular weight is 268 g/mol. The Kier molecular flexibility index (Phi) is 8.04. The van der Waals surface area contributed by atoms with E-state index in [1.54, 1.807) is 14.2 Å². The Morgan fingerprint density at radius 3 is 2.26 bits per heavy atom. The number of hydrogen-bond donors (Lipinski definition) is 0. The van der Waals surface area contributed by atoms with E-state index in [0.29, 0.717) is 6.04 Å². The van der Waals surface area contributed by atoms with Crippen LogP contribution in [0.1, 0.15) is 32.6 Å². The van der Waals surface area contributed by atoms with Crippen molar-refractivity contribution in [3.05, 3.63) is 0 Å². The third kappa shape index (κ3) is 5.10. The van der Waals surface area contributed by atoms with E-state index in [2.05, 4.69) is 17.9 Å². The molecule has 4 nitrogen and oxygen atoms in total. The van der Waals surface area contributed by atoms with Gasteiger partial charge < -0.3 is 9.47 Å². The fraction of sp³-hybridized carbons (Fsp3) is 0.933. The molecule has 3 atom stereocenters. The van der Waals surface area contributed by atoms with Crippen molar-refractivity contribution in [2.45, 2.75) is 38.6 Å². The summed E-state index contributed by atoms with van der Waals surface area (Å²) in [6, 6.07) is 2.88. The molecule has 1 fully saturated rings. The Labute approximate surface area is 117 Å². The van der Waals surface area contributed by atoms with E-state index < -0.39 is 0 Å². The van der Waals surface area contributed by atoms with E-state index in [4.69, 9.17) is 9.47 Å². The van der Waals surface area contributed by atoms with E-state index >= 15 is 0 Å². The minimum absolute atomic E-state index is 0.163. The fourth-order valence-corrected chi connectivity index (χ4v) is 3.02. The van der Waals surface area contributed by atoms with Crippen molar-refractivity contribution in [1.82, 2.24) is 4.90 Å². The van der Waals surface area contributed by atoms with Crippen LogP contribution in [0.2, 0.25) is 0 Å². The summed E-state index contributed by atoms with van der Waals surface area (Å²) in [5, 5.41) is 9.38. The van der Waals surface area contributed by atoms with Crippen molar-refractivity contribution in [2.75, 3.05) is 40.5 Å². The summed E-state index contributed by atoms with van der Waals surface area (Å²) >= 11 is 0. The van der Waals surface area contributed by atoms with Gasteiger partial charge >= 0.3 is 0 Å². The minimum atomic E-state index is 0.163. The third-order valence-electron chi connectivity index (χ3n) is 4.30. The van der Waals surface area contributed by atoms with Crippen LogP contribution in [0.5, 0.6) is 0 Å². The van der Waals surface area contributed by atoms with Gasteiger partial charge in [0.1, 0.15) is 0 Å². The molecule has 0 amide bonds. The summed E-state index contributed by atoms with van der Waals surface area (Å²) in [6.45, 7) is 5.46. The molecule has 1 aliphatic carbocycles. The number of nitrogens with zero attached hydrogens (tertiary/aromatic N) is 2. The zero-order chi connectivity index (χ0) is 14.1. The molecule has 19 heavy (non-hydrogen) atoms. The second-order valence-corrected chi connectivity index (χ2v) is 5.41. The summed E-state index contributed by atoms with van der Waals surface area (Å²) < 4.78 is 10.4. The maximum absolute atomic E-state index is 9.38. The van der Waals surface area contributed by atoms with E-state index in [1.807, 2.05) is 0 Å². The lowest BCUT2D eigenvalue weighted by Crippen LogP contribution is -2.46. The number of nitriles is 1. The van der Waals surface area contributed by atoms with Crippen molar-refractivity contribution < 1.29 is 9.47 Å². The standard InChI is InChI=1S/C15H28N2O2/c1-4-13-5-6-14(12-16)15(11-13)17(7-9-18-2)8-10-19-3/h13-15H,4-11H2,1-3H3. The largest absolute Gasteiger partial charge is 0.383 e. The molecule has 0 spiro atoms. The smallest absolute Gasteiger partial charge is 0.0672 e. The lowest BCUT2D eigenvalue weighted by molar-refractivity contribution is 0.0482. The number of methoxy groups -OCH3 is 2. The molecule has 0 bridgehead atoms. The van der Waals surface area contributed by atoms with Gasteiger partial charge in [-0.25, -0.2) is 0 Å². The normalized spacial score (nSPS) is 27.4. The molecular weight excluding hydrogens is 240 g/mol. The summed E-state index contributed by atoms with van der Waals surface area (Å²) in [4.78, 5) is 2.39. The molecule has 0 radical (unpaired) electrons. The predicted octanol–water partition coefficient (Wildman–Crippen LogP) is 2.30. The second-order valence-electron chi connectivity index (χ2n) is 5.41. The highest BCUT2D eigenvalue weighted by molar-refractivity contribution is 4.97. The Morgan fingerprint density at radius 2 is 1.79 bits per heavy atom. The summed E-state index contributed by atoms with van der Waals surface area (Å²) in [6.07, 6.45) is 4.60. The Morgan fingerprint density at radius 1 is 1.16 bits per heavy atom. The van der Waals surface area contributed by atoms with Gasteiger partial charge in [-0.15, -0.1) is 0 Å². The SMILES string of the molecule is CCC1CCC(C#N)C(N(CCOC)CCOC)C1. The van der Waals surface area contributed by atoms with Crippen LogP contribution in [0.25, 0.3) is 0 Å². The number of ether oxygens (including phenoxy) is 2. The lowest BCUT2D eigenvalue weighted by Gasteiger charge is -2.40. The first-order chi connectivity index (χ1) is 9.26. The first kappa shape index (κ1) is 16.4. The molecule has 0 aromatic rings. The van der Waals surface area contributed by atoms with Crippen molar-refractivity contribution >= 4 is 0 Å². The summed E-state index contributed by atoms with van der Waals surface area (Å²) in [7, 11) is 3.46. The maximum Gasteiger partial charge on any atom is 0.0672 e. The van der Waals surface area contributed by atoms with Crippen LogP contribution >= 0.6 is 0 Å². The van der Waals surface area contributed by atoms with Crippen LogP contribution in [0.15, 0.2) is 0 Å². The highest BCUT2D eigenvalue weighted by Crippen LogP contribution is 2.33. The van der Waals surface area contributed by atoms with Gasteiger partial charge in [0.2, 0.25) is 0 Å². The second kappa shape index (κ2) is 9.30. The Balaban J connectivity index is 2.67. The molecular formula is C15H28N2O2. The van der Waals surface area contributed by atoms with Gasteiger partial charge in [0, 0.05) is 33.4 Å². The molecule has 4 heteroatoms. The van der Waals surface area contributed by atoms with Crippen LogP contribution in [0, 0.1) is 23.2 Å². The molecule has 0 N–H and O–H groups in total. The molecule has 1 rings (SSSR count). The van der Waals surface area contributed by atoms with E-state index in [-0.39, 0.29) is 5.92 Å². The van der Waals surface area contributed by atoms with Crippen LogP contribution < -0.4 is 0 Å². The number of hydrogen-bond acceptors (Lipinski definition) is 4. The van der Waals surface area contributed by atoms with Crippen molar-refractivity contribution in [3.8, 4) is 6.07 Å². The van der Waals surface area contributed by atoms with Gasteiger partial charge in [0.05, 0.1) is 25.2 Å². The fourth-order valence-electron chi connectivity index (χ4n) is 3.02. The molecule has 0 aromatic carbocycles. The van der Waals surface area contributed by atoms with E-state index in [9.17, 15) is 5.26 Å². The first-order valence-corrected chi connectivity index (χ1v) is 7.38. The van der Waals surface area contributed by atoms with Crippen molar-refractivity contribution in [2.24, 2.45) is 11.8 Å². The zero-order valence-electron chi connectivity index (χ0n) is 12.6. The van der Waals surface area contributed by atoms with Crippen LogP contribution in [-0.4, -0.2) is 51.5 Å². The quantitative estimate of drug-likeness (QED) is 0.677. The molecule has 1 saturated carbocycles. The van der Waals surface area contributed by atoms with Gasteiger partial charge in [-0.05, 0) is 25.2 Å². The molecule has 1 aliphatic rings. The molecule has 0 aliphatic heterocycles. The monoisotopic (exact) mass is 268 g/mol. The van der Waals surface area contributed by atoms with Crippen molar-refractivity contribution in [1.29, 1.82) is 5.26 Å². The van der Waals surface area contributed by atoms with Gasteiger partial charge in [0.15, 0.2) is 0 Å². The molecule has 110 valence electrons. The minimum Gasteiger partial charge on any atom is -0.383 e. The molecule has 0 saturated heterocycles. The zero-order valence-corrected chi connectivity index (χ0v) is 12.6. The number of rotatable bonds is 8. The van der Waals surface area contributed by atoms with Crippen LogP contribution in [0.3, 0.4) is 0 Å². The molecule has 3 unspecified atom stereocenters. The highest BCUT2D eigenvalue weighted by Gasteiger charge is 2.33. The highest BCUT2D eigenvalue weighted by atomic mass is 16.5. The topological polar surface area (TPSA) is 45.5 Å². The van der Waals surface area contributed by atoms with Gasteiger partial charge in [0.25, 0.3) is 0 Å². The molecule has 0 aromatic heterocycles. The van der Waals surface area contributed by atoms with Crippen LogP contribution in [0.4, 0.5) is 0 Å². The first-order valence-electron chi connectivity index (χ1n) is 7.38. The summed E-state index contributed by atoms with van der Waals surface area (Å²) in [5.74, 6) is 0.929. The van der Waals surface area contributed by atoms with E-state index in [0.717, 1.165) is 45.1 Å².